The molecule has 0 saturated carbocycles. The lowest BCUT2D eigenvalue weighted by Gasteiger charge is -1.81. The Balaban J connectivity index is 4.03. The van der Waals surface area contributed by atoms with Crippen LogP contribution in [0.25, 0.3) is 0 Å². The Morgan fingerprint density at radius 3 is 2.50 bits per heavy atom. The fourth-order valence-electron chi connectivity index (χ4n) is 0.133. The van der Waals surface area contributed by atoms with Crippen molar-refractivity contribution in [2.75, 3.05) is 0 Å². The van der Waals surface area contributed by atoms with Gasteiger partial charge < -0.3 is 5.21 Å². The Bertz CT molecular complexity index is 141. The van der Waals surface area contributed by atoms with E-state index in [0.29, 0.717) is 0 Å². The zero-order chi connectivity index (χ0) is 6.57. The summed E-state index contributed by atoms with van der Waals surface area (Å²) in [5.74, 6) is -0.589. The number of rotatable bonds is 2. The minimum absolute atomic E-state index is 0.472. The Labute approximate surface area is 51.3 Å². The minimum Gasteiger partial charge on any atom is -0.410 e. The summed E-state index contributed by atoms with van der Waals surface area (Å²) in [7, 11) is 0. The highest BCUT2D eigenvalue weighted by atomic mass is 35.5. The van der Waals surface area contributed by atoms with E-state index in [-0.39, 0.29) is 0 Å². The van der Waals surface area contributed by atoms with Gasteiger partial charge in [-0.2, -0.15) is 0 Å². The molecule has 0 amide bonds. The van der Waals surface area contributed by atoms with Crippen LogP contribution in [0.5, 0.6) is 0 Å². The van der Waals surface area contributed by atoms with Gasteiger partial charge in [-0.05, 0) is 6.08 Å². The fraction of sp³-hybridized carbons (Fsp3) is 0. The van der Waals surface area contributed by atoms with Crippen LogP contribution in [0, 0.1) is 0 Å². The fourth-order valence-corrected chi connectivity index (χ4v) is 0.211. The SMILES string of the molecule is C=CC(=O)/C(Cl)=N\O. The second-order valence-electron chi connectivity index (χ2n) is 0.959. The van der Waals surface area contributed by atoms with E-state index in [1.54, 1.807) is 0 Å². The predicted molar refractivity (Wildman–Crippen MR) is 30.3 cm³/mol. The standard InChI is InChI=1S/C4H4ClNO2/c1-2-3(7)4(5)6-8/h2,8H,1H2/b6-4+. The quantitative estimate of drug-likeness (QED) is 0.262. The average Bonchev–Trinajstić information content (AvgIpc) is 1.84. The maximum absolute atomic E-state index is 10.2. The van der Waals surface area contributed by atoms with E-state index in [4.69, 9.17) is 16.8 Å². The number of allylic oxidation sites excluding steroid dienone is 1. The van der Waals surface area contributed by atoms with Gasteiger partial charge in [0.05, 0.1) is 0 Å². The molecule has 0 heterocycles. The number of halogens is 1. The first-order chi connectivity index (χ1) is 3.72. The van der Waals surface area contributed by atoms with Gasteiger partial charge in [0.15, 0.2) is 0 Å². The molecule has 0 aliphatic carbocycles. The van der Waals surface area contributed by atoms with Crippen molar-refractivity contribution >= 4 is 22.6 Å². The van der Waals surface area contributed by atoms with E-state index in [0.717, 1.165) is 6.08 Å². The Hall–Kier alpha value is -0.830. The van der Waals surface area contributed by atoms with Crippen LogP contribution in [-0.4, -0.2) is 16.2 Å². The summed E-state index contributed by atoms with van der Waals surface area (Å²) in [6, 6.07) is 0. The highest BCUT2D eigenvalue weighted by Crippen LogP contribution is 1.86. The van der Waals surface area contributed by atoms with Crippen molar-refractivity contribution in [3.8, 4) is 0 Å². The number of carbonyl (C=O) groups excluding carboxylic acids is 1. The molecule has 0 atom stereocenters. The van der Waals surface area contributed by atoms with Gasteiger partial charge in [-0.1, -0.05) is 23.3 Å². The molecule has 0 unspecified atom stereocenters. The van der Waals surface area contributed by atoms with Gasteiger partial charge in [-0.3, -0.25) is 4.79 Å². The smallest absolute Gasteiger partial charge is 0.218 e. The molecule has 0 aromatic rings. The monoisotopic (exact) mass is 133 g/mol. The van der Waals surface area contributed by atoms with E-state index in [2.05, 4.69) is 11.7 Å². The Kier molecular flexibility index (Phi) is 2.88. The molecule has 0 aromatic carbocycles. The predicted octanol–water partition coefficient (Wildman–Crippen LogP) is 0.768. The van der Waals surface area contributed by atoms with Crippen molar-refractivity contribution in [2.24, 2.45) is 5.16 Å². The summed E-state index contributed by atoms with van der Waals surface area (Å²) in [5.41, 5.74) is 0. The summed E-state index contributed by atoms with van der Waals surface area (Å²) >= 11 is 5.00. The van der Waals surface area contributed by atoms with Crippen LogP contribution in [0.1, 0.15) is 0 Å². The average molecular weight is 134 g/mol. The molecule has 0 aliphatic rings. The van der Waals surface area contributed by atoms with Crippen LogP contribution >= 0.6 is 11.6 Å². The second-order valence-corrected chi connectivity index (χ2v) is 1.32. The lowest BCUT2D eigenvalue weighted by molar-refractivity contribution is -0.108. The third-order valence-corrected chi connectivity index (χ3v) is 0.738. The highest BCUT2D eigenvalue weighted by Gasteiger charge is 2.00. The van der Waals surface area contributed by atoms with Crippen molar-refractivity contribution in [2.45, 2.75) is 0 Å². The molecule has 0 radical (unpaired) electrons. The summed E-state index contributed by atoms with van der Waals surface area (Å²) in [4.78, 5) is 10.2. The van der Waals surface area contributed by atoms with Crippen LogP contribution in [-0.2, 0) is 4.79 Å². The molecule has 0 saturated heterocycles. The van der Waals surface area contributed by atoms with Crippen LogP contribution in [0.3, 0.4) is 0 Å². The van der Waals surface area contributed by atoms with E-state index in [1.807, 2.05) is 0 Å². The summed E-state index contributed by atoms with van der Waals surface area (Å²) < 4.78 is 0. The number of hydrogen-bond donors (Lipinski definition) is 1. The van der Waals surface area contributed by atoms with E-state index < -0.39 is 11.0 Å². The summed E-state index contributed by atoms with van der Waals surface area (Å²) in [5, 5.41) is 9.77. The number of nitrogens with zero attached hydrogens (tertiary/aromatic N) is 1. The molecule has 0 bridgehead atoms. The summed E-state index contributed by atoms with van der Waals surface area (Å²) in [6.07, 6.45) is 0.960. The molecule has 44 valence electrons. The molecule has 4 heteroatoms. The molecule has 0 fully saturated rings. The van der Waals surface area contributed by atoms with Crippen LogP contribution in [0.2, 0.25) is 0 Å². The molecule has 0 spiro atoms. The second kappa shape index (κ2) is 3.21. The molecule has 0 rings (SSSR count). The number of carbonyl (C=O) groups is 1. The Morgan fingerprint density at radius 2 is 2.38 bits per heavy atom. The topological polar surface area (TPSA) is 49.7 Å². The van der Waals surface area contributed by atoms with Gasteiger partial charge >= 0.3 is 0 Å². The lowest BCUT2D eigenvalue weighted by atomic mass is 10.4. The van der Waals surface area contributed by atoms with Crippen LogP contribution < -0.4 is 0 Å². The molecule has 0 aromatic heterocycles. The molecular formula is C4H4ClNO2. The Morgan fingerprint density at radius 1 is 1.88 bits per heavy atom. The molecule has 3 nitrogen and oxygen atoms in total. The van der Waals surface area contributed by atoms with Gasteiger partial charge in [-0.15, -0.1) is 0 Å². The third-order valence-electron chi connectivity index (χ3n) is 0.477. The van der Waals surface area contributed by atoms with Gasteiger partial charge in [0.2, 0.25) is 11.0 Å². The van der Waals surface area contributed by atoms with Crippen molar-refractivity contribution in [1.82, 2.24) is 0 Å². The van der Waals surface area contributed by atoms with Crippen LogP contribution in [0.15, 0.2) is 17.8 Å². The molecular weight excluding hydrogens is 130 g/mol. The number of hydrogen-bond acceptors (Lipinski definition) is 3. The largest absolute Gasteiger partial charge is 0.410 e. The maximum atomic E-state index is 10.2. The number of oxime groups is 1. The molecule has 8 heavy (non-hydrogen) atoms. The van der Waals surface area contributed by atoms with Crippen molar-refractivity contribution in [3.05, 3.63) is 12.7 Å². The van der Waals surface area contributed by atoms with Gasteiger partial charge in [0.1, 0.15) is 0 Å². The van der Waals surface area contributed by atoms with Crippen molar-refractivity contribution < 1.29 is 10.0 Å². The van der Waals surface area contributed by atoms with Gasteiger partial charge in [-0.25, -0.2) is 0 Å². The van der Waals surface area contributed by atoms with Gasteiger partial charge in [0.25, 0.3) is 0 Å². The normalized spacial score (nSPS) is 10.9. The number of ketones is 1. The van der Waals surface area contributed by atoms with E-state index in [1.165, 1.54) is 0 Å². The molecule has 0 aliphatic heterocycles. The van der Waals surface area contributed by atoms with Crippen molar-refractivity contribution in [1.29, 1.82) is 0 Å². The first-order valence-corrected chi connectivity index (χ1v) is 2.14. The lowest BCUT2D eigenvalue weighted by Crippen LogP contribution is -2.01. The molecule has 1 N–H and O–H groups in total. The van der Waals surface area contributed by atoms with Crippen LogP contribution in [0.4, 0.5) is 0 Å². The highest BCUT2D eigenvalue weighted by molar-refractivity contribution is 6.84. The first kappa shape index (κ1) is 7.17. The minimum atomic E-state index is -0.589. The van der Waals surface area contributed by atoms with E-state index >= 15 is 0 Å². The summed E-state index contributed by atoms with van der Waals surface area (Å²) in [6.45, 7) is 3.10. The maximum Gasteiger partial charge on any atom is 0.218 e. The zero-order valence-electron chi connectivity index (χ0n) is 3.97. The zero-order valence-corrected chi connectivity index (χ0v) is 4.72. The van der Waals surface area contributed by atoms with Gasteiger partial charge in [0, 0.05) is 0 Å². The van der Waals surface area contributed by atoms with Crippen molar-refractivity contribution in [3.63, 3.8) is 0 Å². The first-order valence-electron chi connectivity index (χ1n) is 1.76. The van der Waals surface area contributed by atoms with E-state index in [9.17, 15) is 4.79 Å². The third kappa shape index (κ3) is 1.75.